The summed E-state index contributed by atoms with van der Waals surface area (Å²) in [5.41, 5.74) is 20.7. The molecule has 0 aliphatic heterocycles. The Morgan fingerprint density at radius 1 is 0.277 bits per heavy atom. The van der Waals surface area contributed by atoms with Crippen molar-refractivity contribution in [2.45, 2.75) is 5.41 Å². The lowest BCUT2D eigenvalue weighted by atomic mass is 9.66. The molecule has 0 unspecified atom stereocenters. The first-order valence-electron chi connectivity index (χ1n) is 22.4. The quantitative estimate of drug-likeness (QED) is 0.149. The van der Waals surface area contributed by atoms with E-state index in [9.17, 15) is 0 Å². The van der Waals surface area contributed by atoms with Gasteiger partial charge in [0.15, 0.2) is 0 Å². The van der Waals surface area contributed by atoms with Crippen LogP contribution in [0.3, 0.4) is 0 Å². The Morgan fingerprint density at radius 3 is 1.31 bits per heavy atom. The van der Waals surface area contributed by atoms with E-state index >= 15 is 0 Å². The Balaban J connectivity index is 1.04. The van der Waals surface area contributed by atoms with Crippen LogP contribution in [0, 0.1) is 0 Å². The van der Waals surface area contributed by atoms with E-state index in [0.717, 1.165) is 33.6 Å². The molecule has 1 aliphatic rings. The molecule has 1 heterocycles. The summed E-state index contributed by atoms with van der Waals surface area (Å²) < 4.78 is 0. The van der Waals surface area contributed by atoms with E-state index in [1.165, 1.54) is 77.5 Å². The van der Waals surface area contributed by atoms with Crippen LogP contribution in [0.15, 0.2) is 261 Å². The van der Waals surface area contributed by atoms with Gasteiger partial charge in [0.2, 0.25) is 0 Å². The summed E-state index contributed by atoms with van der Waals surface area (Å²) in [7, 11) is 0. The molecule has 0 amide bonds. The monoisotopic (exact) mass is 825 g/mol. The van der Waals surface area contributed by atoms with Gasteiger partial charge in [0.05, 0.1) is 16.8 Å². The number of pyridine rings is 1. The average Bonchev–Trinajstić information content (AvgIpc) is 3.72. The molecule has 11 aromatic rings. The third-order valence-corrected chi connectivity index (χ3v) is 13.3. The molecule has 0 saturated carbocycles. The maximum Gasteiger partial charge on any atom is 0.0719 e. The van der Waals surface area contributed by atoms with Crippen molar-refractivity contribution in [2.75, 3.05) is 0 Å². The van der Waals surface area contributed by atoms with Crippen molar-refractivity contribution < 1.29 is 0 Å². The molecule has 1 aromatic heterocycles. The molecule has 0 spiro atoms. The molecule has 1 aliphatic carbocycles. The molecule has 1 heteroatoms. The molecule has 304 valence electrons. The molecule has 0 bridgehead atoms. The highest BCUT2D eigenvalue weighted by atomic mass is 14.7. The van der Waals surface area contributed by atoms with E-state index in [-0.39, 0.29) is 0 Å². The summed E-state index contributed by atoms with van der Waals surface area (Å²) in [5, 5.41) is 2.50. The van der Waals surface area contributed by atoms with Crippen LogP contribution in [0.1, 0.15) is 22.3 Å². The van der Waals surface area contributed by atoms with Gasteiger partial charge in [-0.05, 0) is 119 Å². The number of benzene rings is 10. The van der Waals surface area contributed by atoms with Gasteiger partial charge in [0, 0.05) is 11.1 Å². The number of hydrogen-bond donors (Lipinski definition) is 0. The summed E-state index contributed by atoms with van der Waals surface area (Å²) in [6.07, 6.45) is 0. The van der Waals surface area contributed by atoms with Gasteiger partial charge in [-0.2, -0.15) is 0 Å². The SMILES string of the molecule is c1ccc(-c2cccc(-c3cc(-c4ccc(-c5cc6ccccc6c6c5-c5ccccc5C6(c5ccccc5)c5ccccc5)cc4)cc(-c4cccc(-c5ccccc5)c4)n3)c2)cc1. The summed E-state index contributed by atoms with van der Waals surface area (Å²) >= 11 is 0. The van der Waals surface area contributed by atoms with Crippen LogP contribution in [-0.4, -0.2) is 4.98 Å². The van der Waals surface area contributed by atoms with E-state index in [2.05, 4.69) is 261 Å². The smallest absolute Gasteiger partial charge is 0.0719 e. The third kappa shape index (κ3) is 6.60. The molecule has 65 heavy (non-hydrogen) atoms. The second-order valence-electron chi connectivity index (χ2n) is 17.0. The van der Waals surface area contributed by atoms with Crippen molar-refractivity contribution in [3.8, 4) is 78.1 Å². The fraction of sp³-hybridized carbons (Fsp3) is 0.0156. The highest BCUT2D eigenvalue weighted by Gasteiger charge is 2.48. The number of aromatic nitrogens is 1. The maximum atomic E-state index is 5.39. The van der Waals surface area contributed by atoms with Crippen LogP contribution in [0.5, 0.6) is 0 Å². The lowest BCUT2D eigenvalue weighted by Crippen LogP contribution is -2.28. The van der Waals surface area contributed by atoms with Crippen molar-refractivity contribution in [3.05, 3.63) is 283 Å². The minimum atomic E-state index is -0.510. The summed E-state index contributed by atoms with van der Waals surface area (Å²) in [5.74, 6) is 0. The van der Waals surface area contributed by atoms with Crippen molar-refractivity contribution in [3.63, 3.8) is 0 Å². The van der Waals surface area contributed by atoms with Crippen LogP contribution < -0.4 is 0 Å². The fourth-order valence-electron chi connectivity index (χ4n) is 10.4. The molecule has 0 radical (unpaired) electrons. The lowest BCUT2D eigenvalue weighted by molar-refractivity contribution is 0.775. The first kappa shape index (κ1) is 38.3. The van der Waals surface area contributed by atoms with Crippen molar-refractivity contribution in [1.29, 1.82) is 0 Å². The topological polar surface area (TPSA) is 12.9 Å². The largest absolute Gasteiger partial charge is 0.248 e. The molecular weight excluding hydrogens is 783 g/mol. The number of nitrogens with zero attached hydrogens (tertiary/aromatic N) is 1. The predicted octanol–water partition coefficient (Wildman–Crippen LogP) is 16.6. The molecule has 0 N–H and O–H groups in total. The fourth-order valence-corrected chi connectivity index (χ4v) is 10.4. The number of hydrogen-bond acceptors (Lipinski definition) is 1. The average molecular weight is 826 g/mol. The van der Waals surface area contributed by atoms with Gasteiger partial charge in [-0.25, -0.2) is 4.98 Å². The van der Waals surface area contributed by atoms with Crippen LogP contribution in [0.2, 0.25) is 0 Å². The van der Waals surface area contributed by atoms with E-state index in [1.807, 2.05) is 0 Å². The Hall–Kier alpha value is -8.39. The molecule has 1 nitrogen and oxygen atoms in total. The maximum absolute atomic E-state index is 5.39. The molecule has 0 atom stereocenters. The minimum Gasteiger partial charge on any atom is -0.248 e. The van der Waals surface area contributed by atoms with Crippen LogP contribution in [-0.2, 0) is 5.41 Å². The first-order chi connectivity index (χ1) is 32.2. The van der Waals surface area contributed by atoms with Gasteiger partial charge in [-0.1, -0.05) is 231 Å². The zero-order valence-electron chi connectivity index (χ0n) is 35.8. The summed E-state index contributed by atoms with van der Waals surface area (Å²) in [6.45, 7) is 0. The Labute approximate surface area is 380 Å². The van der Waals surface area contributed by atoms with E-state index in [1.54, 1.807) is 0 Å². The highest BCUT2D eigenvalue weighted by molar-refractivity contribution is 6.07. The summed E-state index contributed by atoms with van der Waals surface area (Å²) in [4.78, 5) is 5.39. The van der Waals surface area contributed by atoms with Gasteiger partial charge in [0.25, 0.3) is 0 Å². The second-order valence-corrected chi connectivity index (χ2v) is 17.0. The van der Waals surface area contributed by atoms with Crippen molar-refractivity contribution in [1.82, 2.24) is 4.98 Å². The van der Waals surface area contributed by atoms with E-state index in [4.69, 9.17) is 4.98 Å². The van der Waals surface area contributed by atoms with Crippen molar-refractivity contribution >= 4 is 10.8 Å². The lowest BCUT2D eigenvalue weighted by Gasteiger charge is -2.35. The Bertz CT molecular complexity index is 3360. The number of fused-ring (bicyclic) bond motifs is 5. The van der Waals surface area contributed by atoms with Crippen LogP contribution in [0.25, 0.3) is 88.9 Å². The van der Waals surface area contributed by atoms with Gasteiger partial charge < -0.3 is 0 Å². The zero-order chi connectivity index (χ0) is 43.2. The van der Waals surface area contributed by atoms with Gasteiger partial charge in [-0.15, -0.1) is 0 Å². The number of rotatable bonds is 8. The second kappa shape index (κ2) is 16.1. The third-order valence-electron chi connectivity index (χ3n) is 13.3. The van der Waals surface area contributed by atoms with Gasteiger partial charge >= 0.3 is 0 Å². The molecule has 0 fully saturated rings. The van der Waals surface area contributed by atoms with Crippen LogP contribution >= 0.6 is 0 Å². The van der Waals surface area contributed by atoms with Crippen LogP contribution in [0.4, 0.5) is 0 Å². The first-order valence-corrected chi connectivity index (χ1v) is 22.4. The molecule has 0 saturated heterocycles. The normalized spacial score (nSPS) is 12.4. The van der Waals surface area contributed by atoms with Gasteiger partial charge in [-0.3, -0.25) is 0 Å². The predicted molar refractivity (Wildman–Crippen MR) is 272 cm³/mol. The standard InChI is InChI=1S/C64H43N/c1-5-19-44(20-6-1)48-24-17-26-51(39-48)60-42-53(43-61(65-60)52-27-18-25-49(40-52)45-21-7-2-8-22-45)46-35-37-47(38-36-46)58-41-50-23-13-14-32-56(50)63-62(58)57-33-15-16-34-59(57)64(63,54-28-9-3-10-29-54)55-30-11-4-12-31-55/h1-43H. The van der Waals surface area contributed by atoms with Crippen molar-refractivity contribution in [2.24, 2.45) is 0 Å². The van der Waals surface area contributed by atoms with Gasteiger partial charge in [0.1, 0.15) is 0 Å². The zero-order valence-corrected chi connectivity index (χ0v) is 35.8. The minimum absolute atomic E-state index is 0.510. The molecule has 12 rings (SSSR count). The highest BCUT2D eigenvalue weighted by Crippen LogP contribution is 2.60. The molecule has 10 aromatic carbocycles. The van der Waals surface area contributed by atoms with E-state index < -0.39 is 5.41 Å². The Morgan fingerprint density at radius 2 is 0.723 bits per heavy atom. The summed E-state index contributed by atoms with van der Waals surface area (Å²) in [6, 6.07) is 95.0. The Kier molecular flexibility index (Phi) is 9.46. The molecular formula is C64H43N. The van der Waals surface area contributed by atoms with E-state index in [0.29, 0.717) is 0 Å².